The third-order valence-corrected chi connectivity index (χ3v) is 4.42. The topological polar surface area (TPSA) is 90.0 Å². The van der Waals surface area contributed by atoms with Crippen molar-refractivity contribution in [2.45, 2.75) is 38.2 Å². The number of hydrogen-bond acceptors (Lipinski definition) is 3. The van der Waals surface area contributed by atoms with Crippen LogP contribution < -0.4 is 10.6 Å². The zero-order valence-corrected chi connectivity index (χ0v) is 13.1. The van der Waals surface area contributed by atoms with Crippen LogP contribution in [0.5, 0.6) is 0 Å². The van der Waals surface area contributed by atoms with Crippen molar-refractivity contribution in [3.8, 4) is 0 Å². The zero-order chi connectivity index (χ0) is 17.1. The van der Waals surface area contributed by atoms with Crippen LogP contribution in [-0.2, 0) is 0 Å². The number of amides is 2. The van der Waals surface area contributed by atoms with Gasteiger partial charge >= 0.3 is 6.03 Å². The Morgan fingerprint density at radius 2 is 2.17 bits per heavy atom. The van der Waals surface area contributed by atoms with Crippen LogP contribution in [0, 0.1) is 5.92 Å². The number of halogens is 2. The van der Waals surface area contributed by atoms with Gasteiger partial charge in [-0.3, -0.25) is 0 Å². The van der Waals surface area contributed by atoms with Gasteiger partial charge in [-0.05, 0) is 31.0 Å². The average Bonchev–Trinajstić information content (AvgIpc) is 2.99. The molecule has 0 unspecified atom stereocenters. The van der Waals surface area contributed by atoms with Crippen LogP contribution >= 0.6 is 0 Å². The molecule has 0 spiro atoms. The van der Waals surface area contributed by atoms with Crippen molar-refractivity contribution in [3.05, 3.63) is 24.0 Å². The molecule has 1 aromatic carbocycles. The van der Waals surface area contributed by atoms with E-state index >= 15 is 0 Å². The van der Waals surface area contributed by atoms with E-state index in [1.165, 1.54) is 0 Å². The highest BCUT2D eigenvalue weighted by Crippen LogP contribution is 2.25. The summed E-state index contributed by atoms with van der Waals surface area (Å²) < 4.78 is 25.3. The van der Waals surface area contributed by atoms with Gasteiger partial charge in [0.15, 0.2) is 5.82 Å². The van der Waals surface area contributed by atoms with Gasteiger partial charge in [0.1, 0.15) is 0 Å². The molecule has 0 aliphatic heterocycles. The maximum Gasteiger partial charge on any atom is 0.319 e. The number of aliphatic hydroxyl groups excluding tert-OH is 1. The second kappa shape index (κ2) is 7.12. The van der Waals surface area contributed by atoms with E-state index in [9.17, 15) is 18.7 Å². The molecule has 2 atom stereocenters. The number of aromatic amines is 1. The molecule has 0 saturated heterocycles. The molecule has 2 aromatic rings. The molecule has 1 aliphatic rings. The lowest BCUT2D eigenvalue weighted by Crippen LogP contribution is -2.45. The molecule has 0 bridgehead atoms. The number of aliphatic hydroxyl groups is 1. The molecule has 2 amide bonds. The fourth-order valence-corrected chi connectivity index (χ4v) is 3.16. The Kier molecular flexibility index (Phi) is 4.94. The first kappa shape index (κ1) is 16.6. The Morgan fingerprint density at radius 1 is 1.38 bits per heavy atom. The highest BCUT2D eigenvalue weighted by Gasteiger charge is 2.25. The van der Waals surface area contributed by atoms with E-state index < -0.39 is 6.43 Å². The van der Waals surface area contributed by atoms with E-state index in [0.717, 1.165) is 25.7 Å². The van der Waals surface area contributed by atoms with Crippen molar-refractivity contribution in [1.82, 2.24) is 15.3 Å². The van der Waals surface area contributed by atoms with Gasteiger partial charge in [0.2, 0.25) is 0 Å². The van der Waals surface area contributed by atoms with Gasteiger partial charge in [-0.15, -0.1) is 0 Å². The summed E-state index contributed by atoms with van der Waals surface area (Å²) in [5.41, 5.74) is 1.35. The summed E-state index contributed by atoms with van der Waals surface area (Å²) in [6.45, 7) is 0.0570. The number of hydrogen-bond donors (Lipinski definition) is 4. The molecule has 4 N–H and O–H groups in total. The lowest BCUT2D eigenvalue weighted by atomic mass is 9.85. The lowest BCUT2D eigenvalue weighted by molar-refractivity contribution is 0.142. The maximum absolute atomic E-state index is 12.7. The van der Waals surface area contributed by atoms with Gasteiger partial charge in [-0.25, -0.2) is 18.6 Å². The normalized spacial score (nSPS) is 21.2. The first-order valence-corrected chi connectivity index (χ1v) is 8.03. The van der Waals surface area contributed by atoms with Crippen molar-refractivity contribution >= 4 is 22.8 Å². The number of imidazole rings is 1. The molecule has 24 heavy (non-hydrogen) atoms. The standard InChI is InChI=1S/C16H20F2N4O2/c17-14(18)15-20-12-6-5-10(7-13(12)21-15)19-16(24)22-11-4-2-1-3-9(11)8-23/h5-7,9,11,14,23H,1-4,8H2,(H,20,21)(H2,19,22,24)/t9-,11+/m0/s1. The monoisotopic (exact) mass is 338 g/mol. The molecule has 1 aliphatic carbocycles. The molecule has 0 radical (unpaired) electrons. The Bertz CT molecular complexity index is 719. The minimum absolute atomic E-state index is 0.0509. The van der Waals surface area contributed by atoms with Crippen molar-refractivity contribution in [3.63, 3.8) is 0 Å². The number of H-pyrrole nitrogens is 1. The number of nitrogens with one attached hydrogen (secondary N) is 3. The number of fused-ring (bicyclic) bond motifs is 1. The second-order valence-corrected chi connectivity index (χ2v) is 6.09. The molecular weight excluding hydrogens is 318 g/mol. The largest absolute Gasteiger partial charge is 0.396 e. The van der Waals surface area contributed by atoms with Gasteiger partial charge in [0.25, 0.3) is 6.43 Å². The maximum atomic E-state index is 12.7. The number of rotatable bonds is 4. The predicted molar refractivity (Wildman–Crippen MR) is 86.0 cm³/mol. The summed E-state index contributed by atoms with van der Waals surface area (Å²) in [5, 5.41) is 15.0. The molecule has 6 nitrogen and oxygen atoms in total. The van der Waals surface area contributed by atoms with Gasteiger partial charge in [0, 0.05) is 24.3 Å². The van der Waals surface area contributed by atoms with Gasteiger partial charge in [-0.2, -0.15) is 0 Å². The quantitative estimate of drug-likeness (QED) is 0.690. The molecule has 1 saturated carbocycles. The van der Waals surface area contributed by atoms with Crippen LogP contribution in [0.25, 0.3) is 11.0 Å². The number of aromatic nitrogens is 2. The summed E-state index contributed by atoms with van der Waals surface area (Å²) >= 11 is 0. The number of benzene rings is 1. The molecule has 130 valence electrons. The predicted octanol–water partition coefficient (Wildman–Crippen LogP) is 3.17. The summed E-state index contributed by atoms with van der Waals surface area (Å²) in [5.74, 6) is -0.312. The summed E-state index contributed by atoms with van der Waals surface area (Å²) in [4.78, 5) is 18.5. The molecular formula is C16H20F2N4O2. The third-order valence-electron chi connectivity index (χ3n) is 4.42. The highest BCUT2D eigenvalue weighted by molar-refractivity contribution is 5.92. The number of carbonyl (C=O) groups is 1. The zero-order valence-electron chi connectivity index (χ0n) is 13.1. The molecule has 3 rings (SSSR count). The van der Waals surface area contributed by atoms with Crippen molar-refractivity contribution in [1.29, 1.82) is 0 Å². The van der Waals surface area contributed by atoms with Crippen molar-refractivity contribution < 1.29 is 18.7 Å². The van der Waals surface area contributed by atoms with Crippen LogP contribution in [-0.4, -0.2) is 33.8 Å². The van der Waals surface area contributed by atoms with E-state index in [1.54, 1.807) is 18.2 Å². The molecule has 8 heteroatoms. The second-order valence-electron chi connectivity index (χ2n) is 6.09. The van der Waals surface area contributed by atoms with Crippen LogP contribution in [0.15, 0.2) is 18.2 Å². The molecule has 1 fully saturated rings. The third kappa shape index (κ3) is 3.64. The summed E-state index contributed by atoms with van der Waals surface area (Å²) in [7, 11) is 0. The fourth-order valence-electron chi connectivity index (χ4n) is 3.16. The van der Waals surface area contributed by atoms with Gasteiger partial charge in [0.05, 0.1) is 11.0 Å². The Labute approximate surface area is 137 Å². The smallest absolute Gasteiger partial charge is 0.319 e. The van der Waals surface area contributed by atoms with E-state index in [1.807, 2.05) is 0 Å². The number of anilines is 1. The first-order valence-electron chi connectivity index (χ1n) is 8.03. The lowest BCUT2D eigenvalue weighted by Gasteiger charge is -2.30. The van der Waals surface area contributed by atoms with Crippen LogP contribution in [0.4, 0.5) is 19.3 Å². The Morgan fingerprint density at radius 3 is 2.92 bits per heavy atom. The summed E-state index contributed by atoms with van der Waals surface area (Å²) in [6, 6.07) is 4.34. The number of carbonyl (C=O) groups excluding carboxylic acids is 1. The van der Waals surface area contributed by atoms with Crippen LogP contribution in [0.3, 0.4) is 0 Å². The number of urea groups is 1. The highest BCUT2D eigenvalue weighted by atomic mass is 19.3. The van der Waals surface area contributed by atoms with E-state index in [0.29, 0.717) is 16.7 Å². The van der Waals surface area contributed by atoms with Crippen molar-refractivity contribution in [2.75, 3.05) is 11.9 Å². The molecule has 1 aromatic heterocycles. The minimum atomic E-state index is -2.67. The van der Waals surface area contributed by atoms with Gasteiger partial charge in [-0.1, -0.05) is 12.8 Å². The average molecular weight is 338 g/mol. The Balaban J connectivity index is 1.66. The van der Waals surface area contributed by atoms with Crippen LogP contribution in [0.2, 0.25) is 0 Å². The SMILES string of the molecule is O=C(Nc1ccc2nc(C(F)F)[nH]c2c1)N[C@@H]1CCCC[C@H]1CO. The Hall–Kier alpha value is -2.22. The van der Waals surface area contributed by atoms with Gasteiger partial charge < -0.3 is 20.7 Å². The minimum Gasteiger partial charge on any atom is -0.396 e. The fraction of sp³-hybridized carbons (Fsp3) is 0.500. The number of nitrogens with zero attached hydrogens (tertiary/aromatic N) is 1. The first-order chi connectivity index (χ1) is 11.6. The number of alkyl halides is 2. The summed E-state index contributed by atoms with van der Waals surface area (Å²) in [6.07, 6.45) is 1.17. The van der Waals surface area contributed by atoms with Crippen LogP contribution in [0.1, 0.15) is 37.9 Å². The van der Waals surface area contributed by atoms with E-state index in [4.69, 9.17) is 0 Å². The molecule has 1 heterocycles. The van der Waals surface area contributed by atoms with E-state index in [-0.39, 0.29) is 30.4 Å². The van der Waals surface area contributed by atoms with E-state index in [2.05, 4.69) is 20.6 Å². The van der Waals surface area contributed by atoms with Crippen molar-refractivity contribution in [2.24, 2.45) is 5.92 Å².